The van der Waals surface area contributed by atoms with Crippen molar-refractivity contribution in [3.05, 3.63) is 60.2 Å². The van der Waals surface area contributed by atoms with E-state index in [1.807, 2.05) is 0 Å². The zero-order valence-corrected chi connectivity index (χ0v) is 15.5. The Labute approximate surface area is 155 Å². The fourth-order valence-electron chi connectivity index (χ4n) is 4.40. The molecule has 3 heteroatoms. The molecule has 4 rings (SSSR count). The molecule has 26 heavy (non-hydrogen) atoms. The van der Waals surface area contributed by atoms with E-state index in [0.717, 1.165) is 19.6 Å². The number of rotatable bonds is 6. The van der Waals surface area contributed by atoms with Gasteiger partial charge in [0.05, 0.1) is 5.69 Å². The first-order valence-electron chi connectivity index (χ1n) is 9.77. The van der Waals surface area contributed by atoms with Gasteiger partial charge in [0.25, 0.3) is 0 Å². The van der Waals surface area contributed by atoms with Crippen molar-refractivity contribution < 1.29 is 4.74 Å². The number of nitrogens with one attached hydrogen (secondary N) is 2. The minimum atomic E-state index is 0.446. The van der Waals surface area contributed by atoms with Crippen LogP contribution in [0.3, 0.4) is 0 Å². The Bertz CT molecular complexity index is 834. The zero-order chi connectivity index (χ0) is 17.8. The normalized spacial score (nSPS) is 18.9. The Morgan fingerprint density at radius 2 is 1.85 bits per heavy atom. The lowest BCUT2D eigenvalue weighted by atomic mass is 9.82. The molecule has 2 unspecified atom stereocenters. The third-order valence-electron chi connectivity index (χ3n) is 5.65. The lowest BCUT2D eigenvalue weighted by Crippen LogP contribution is -2.39. The molecule has 2 N–H and O–H groups in total. The van der Waals surface area contributed by atoms with Crippen molar-refractivity contribution in [1.82, 2.24) is 10.3 Å². The highest BCUT2D eigenvalue weighted by molar-refractivity contribution is 5.91. The molecule has 3 nitrogen and oxygen atoms in total. The highest BCUT2D eigenvalue weighted by Gasteiger charge is 2.29. The Morgan fingerprint density at radius 3 is 2.62 bits per heavy atom. The molecule has 2 aromatic carbocycles. The van der Waals surface area contributed by atoms with Gasteiger partial charge in [-0.25, -0.2) is 0 Å². The van der Waals surface area contributed by atoms with E-state index in [4.69, 9.17) is 4.74 Å². The third-order valence-corrected chi connectivity index (χ3v) is 5.65. The first kappa shape index (κ1) is 17.3. The van der Waals surface area contributed by atoms with E-state index < -0.39 is 0 Å². The Morgan fingerprint density at radius 1 is 1.04 bits per heavy atom. The van der Waals surface area contributed by atoms with Crippen molar-refractivity contribution in [1.29, 1.82) is 0 Å². The molecule has 0 saturated carbocycles. The van der Waals surface area contributed by atoms with Crippen molar-refractivity contribution >= 4 is 10.9 Å². The second-order valence-electron chi connectivity index (χ2n) is 7.27. The van der Waals surface area contributed by atoms with Gasteiger partial charge in [-0.15, -0.1) is 0 Å². The van der Waals surface area contributed by atoms with Crippen LogP contribution in [-0.2, 0) is 4.74 Å². The van der Waals surface area contributed by atoms with Gasteiger partial charge in [0.2, 0.25) is 0 Å². The smallest absolute Gasteiger partial charge is 0.0500 e. The van der Waals surface area contributed by atoms with Crippen molar-refractivity contribution in [3.63, 3.8) is 0 Å². The molecule has 0 bridgehead atoms. The van der Waals surface area contributed by atoms with Gasteiger partial charge in [0.15, 0.2) is 0 Å². The fourth-order valence-corrected chi connectivity index (χ4v) is 4.40. The largest absolute Gasteiger partial charge is 0.385 e. The van der Waals surface area contributed by atoms with Crippen LogP contribution < -0.4 is 5.32 Å². The van der Waals surface area contributed by atoms with Gasteiger partial charge in [-0.3, -0.25) is 0 Å². The number of piperidine rings is 1. The summed E-state index contributed by atoms with van der Waals surface area (Å²) in [6, 6.07) is 19.9. The van der Waals surface area contributed by atoms with E-state index in [1.165, 1.54) is 47.0 Å². The maximum absolute atomic E-state index is 5.48. The summed E-state index contributed by atoms with van der Waals surface area (Å²) < 4.78 is 5.48. The maximum Gasteiger partial charge on any atom is 0.0500 e. The van der Waals surface area contributed by atoms with Gasteiger partial charge in [0, 0.05) is 36.6 Å². The summed E-state index contributed by atoms with van der Waals surface area (Å²) in [6.07, 6.45) is 4.87. The fraction of sp³-hybridized carbons (Fsp3) is 0.391. The quantitative estimate of drug-likeness (QED) is 0.650. The molecule has 1 fully saturated rings. The molecule has 2 atom stereocenters. The molecule has 3 aromatic rings. The van der Waals surface area contributed by atoms with E-state index in [9.17, 15) is 0 Å². The molecule has 0 amide bonds. The average Bonchev–Trinajstić information content (AvgIpc) is 3.09. The molecule has 1 aliphatic heterocycles. The highest BCUT2D eigenvalue weighted by Crippen LogP contribution is 2.40. The minimum absolute atomic E-state index is 0.446. The van der Waals surface area contributed by atoms with Crippen LogP contribution in [0.2, 0.25) is 0 Å². The first-order chi connectivity index (χ1) is 12.9. The summed E-state index contributed by atoms with van der Waals surface area (Å²) >= 11 is 0. The van der Waals surface area contributed by atoms with Crippen molar-refractivity contribution in [2.75, 3.05) is 20.3 Å². The molecule has 2 heterocycles. The van der Waals surface area contributed by atoms with E-state index in [0.29, 0.717) is 12.0 Å². The van der Waals surface area contributed by atoms with Crippen LogP contribution in [0.5, 0.6) is 0 Å². The number of para-hydroxylation sites is 1. The molecule has 1 aliphatic rings. The van der Waals surface area contributed by atoms with Crippen LogP contribution in [-0.4, -0.2) is 31.3 Å². The molecule has 0 radical (unpaired) electrons. The number of ether oxygens (including phenoxy) is 1. The van der Waals surface area contributed by atoms with Crippen LogP contribution in [0.1, 0.15) is 37.2 Å². The monoisotopic (exact) mass is 348 g/mol. The van der Waals surface area contributed by atoms with Crippen molar-refractivity contribution in [2.45, 2.75) is 37.6 Å². The van der Waals surface area contributed by atoms with E-state index in [-0.39, 0.29) is 0 Å². The van der Waals surface area contributed by atoms with Crippen LogP contribution in [0, 0.1) is 0 Å². The van der Waals surface area contributed by atoms with Crippen molar-refractivity contribution in [2.24, 2.45) is 0 Å². The van der Waals surface area contributed by atoms with E-state index in [1.54, 1.807) is 7.11 Å². The SMILES string of the molecule is COCCC(c1c(-c2ccccc2)[nH]c2ccccc12)C1CCCCN1. The summed E-state index contributed by atoms with van der Waals surface area (Å²) in [6.45, 7) is 1.91. The number of hydrogen-bond donors (Lipinski definition) is 2. The maximum atomic E-state index is 5.48. The highest BCUT2D eigenvalue weighted by atomic mass is 16.5. The Balaban J connectivity index is 1.85. The van der Waals surface area contributed by atoms with Crippen molar-refractivity contribution in [3.8, 4) is 11.3 Å². The summed E-state index contributed by atoms with van der Waals surface area (Å²) in [5.41, 5.74) is 5.19. The molecule has 1 saturated heterocycles. The molecular formula is C23H28N2O. The number of aromatic nitrogens is 1. The second-order valence-corrected chi connectivity index (χ2v) is 7.27. The number of benzene rings is 2. The first-order valence-corrected chi connectivity index (χ1v) is 9.77. The Kier molecular flexibility index (Phi) is 5.37. The zero-order valence-electron chi connectivity index (χ0n) is 15.5. The number of fused-ring (bicyclic) bond motifs is 1. The number of hydrogen-bond acceptors (Lipinski definition) is 2. The predicted molar refractivity (Wildman–Crippen MR) is 109 cm³/mol. The molecular weight excluding hydrogens is 320 g/mol. The lowest BCUT2D eigenvalue weighted by Gasteiger charge is -2.32. The Hall–Kier alpha value is -2.10. The summed E-state index contributed by atoms with van der Waals surface area (Å²) in [5, 5.41) is 5.14. The predicted octanol–water partition coefficient (Wildman–Crippen LogP) is 5.10. The topological polar surface area (TPSA) is 37.0 Å². The van der Waals surface area contributed by atoms with Crippen LogP contribution in [0.25, 0.3) is 22.2 Å². The third kappa shape index (κ3) is 3.42. The van der Waals surface area contributed by atoms with Crippen LogP contribution >= 0.6 is 0 Å². The van der Waals surface area contributed by atoms with E-state index in [2.05, 4.69) is 64.9 Å². The van der Waals surface area contributed by atoms with Crippen LogP contribution in [0.15, 0.2) is 54.6 Å². The van der Waals surface area contributed by atoms with Gasteiger partial charge >= 0.3 is 0 Å². The minimum Gasteiger partial charge on any atom is -0.385 e. The van der Waals surface area contributed by atoms with Gasteiger partial charge in [-0.1, -0.05) is 55.0 Å². The number of H-pyrrole nitrogens is 1. The lowest BCUT2D eigenvalue weighted by molar-refractivity contribution is 0.177. The average molecular weight is 348 g/mol. The van der Waals surface area contributed by atoms with Gasteiger partial charge in [-0.05, 0) is 43.0 Å². The van der Waals surface area contributed by atoms with E-state index >= 15 is 0 Å². The second kappa shape index (κ2) is 8.07. The molecule has 0 spiro atoms. The molecule has 0 aliphatic carbocycles. The summed E-state index contributed by atoms with van der Waals surface area (Å²) in [7, 11) is 1.80. The molecule has 1 aromatic heterocycles. The van der Waals surface area contributed by atoms with Gasteiger partial charge in [-0.2, -0.15) is 0 Å². The van der Waals surface area contributed by atoms with Crippen LogP contribution in [0.4, 0.5) is 0 Å². The summed E-state index contributed by atoms with van der Waals surface area (Å²) in [5.74, 6) is 0.446. The number of aromatic amines is 1. The summed E-state index contributed by atoms with van der Waals surface area (Å²) in [4.78, 5) is 3.71. The molecule has 136 valence electrons. The number of methoxy groups -OCH3 is 1. The van der Waals surface area contributed by atoms with Gasteiger partial charge < -0.3 is 15.0 Å². The van der Waals surface area contributed by atoms with Gasteiger partial charge in [0.1, 0.15) is 0 Å². The standard InChI is InChI=1S/C23H28N2O/c1-26-16-14-19(20-12-7-8-15-24-20)22-18-11-5-6-13-21(18)25-23(22)17-9-3-2-4-10-17/h2-6,9-11,13,19-20,24-25H,7-8,12,14-16H2,1H3.